The van der Waals surface area contributed by atoms with Crippen molar-refractivity contribution in [1.82, 2.24) is 15.0 Å². The zero-order valence-corrected chi connectivity index (χ0v) is 13.5. The fourth-order valence-corrected chi connectivity index (χ4v) is 3.03. The van der Waals surface area contributed by atoms with E-state index in [0.717, 1.165) is 32.1 Å². The highest BCUT2D eigenvalue weighted by Crippen LogP contribution is 2.25. The van der Waals surface area contributed by atoms with Crippen LogP contribution in [0.4, 0.5) is 17.8 Å². The lowest BCUT2D eigenvalue weighted by molar-refractivity contribution is 0.353. The van der Waals surface area contributed by atoms with Crippen LogP contribution in [0, 0.1) is 11.8 Å². The highest BCUT2D eigenvalue weighted by Gasteiger charge is 2.25. The second-order valence-corrected chi connectivity index (χ2v) is 5.93. The molecule has 21 heavy (non-hydrogen) atoms. The van der Waals surface area contributed by atoms with E-state index in [-0.39, 0.29) is 0 Å². The van der Waals surface area contributed by atoms with Gasteiger partial charge in [0.25, 0.3) is 0 Å². The number of aromatic nitrogens is 3. The fourth-order valence-electron chi connectivity index (χ4n) is 3.03. The molecule has 1 aromatic rings. The summed E-state index contributed by atoms with van der Waals surface area (Å²) in [6.45, 7) is 12.4. The van der Waals surface area contributed by atoms with Gasteiger partial charge in [-0.1, -0.05) is 13.8 Å². The molecule has 0 aliphatic carbocycles. The first-order valence-corrected chi connectivity index (χ1v) is 7.79. The van der Waals surface area contributed by atoms with Gasteiger partial charge in [0.2, 0.25) is 17.8 Å². The third-order valence-electron chi connectivity index (χ3n) is 3.94. The summed E-state index contributed by atoms with van der Waals surface area (Å²) in [5.74, 6) is 8.64. The second-order valence-electron chi connectivity index (χ2n) is 5.93. The van der Waals surface area contributed by atoms with Crippen LogP contribution in [0.5, 0.6) is 0 Å². The Morgan fingerprint density at radius 1 is 1.14 bits per heavy atom. The number of rotatable bonds is 5. The molecular weight excluding hydrogens is 266 g/mol. The van der Waals surface area contributed by atoms with E-state index in [9.17, 15) is 0 Å². The standard InChI is InChI=1S/C14H27N7/c1-5-20(6-2)13-16-12(19-15)17-14(18-13)21-8-10(3)7-11(4)9-21/h10-11H,5-9,15H2,1-4H3,(H,16,17,18,19). The minimum atomic E-state index is 0.424. The number of nitrogens with one attached hydrogen (secondary N) is 1. The van der Waals surface area contributed by atoms with E-state index in [0.29, 0.717) is 23.7 Å². The van der Waals surface area contributed by atoms with Gasteiger partial charge < -0.3 is 9.80 Å². The van der Waals surface area contributed by atoms with Gasteiger partial charge in [0, 0.05) is 26.2 Å². The molecule has 7 nitrogen and oxygen atoms in total. The number of anilines is 3. The number of piperidine rings is 1. The van der Waals surface area contributed by atoms with Gasteiger partial charge in [-0.2, -0.15) is 15.0 Å². The number of hydrogen-bond acceptors (Lipinski definition) is 7. The summed E-state index contributed by atoms with van der Waals surface area (Å²) in [4.78, 5) is 17.8. The molecule has 2 atom stereocenters. The molecular formula is C14H27N7. The zero-order valence-electron chi connectivity index (χ0n) is 13.5. The predicted octanol–water partition coefficient (Wildman–Crippen LogP) is 1.49. The van der Waals surface area contributed by atoms with Crippen molar-refractivity contribution in [1.29, 1.82) is 0 Å². The highest BCUT2D eigenvalue weighted by atomic mass is 15.4. The van der Waals surface area contributed by atoms with E-state index in [1.54, 1.807) is 0 Å². The topological polar surface area (TPSA) is 83.2 Å². The van der Waals surface area contributed by atoms with E-state index < -0.39 is 0 Å². The summed E-state index contributed by atoms with van der Waals surface area (Å²) in [7, 11) is 0. The van der Waals surface area contributed by atoms with Crippen molar-refractivity contribution in [3.63, 3.8) is 0 Å². The molecule has 0 saturated carbocycles. The monoisotopic (exact) mass is 293 g/mol. The summed E-state index contributed by atoms with van der Waals surface area (Å²) < 4.78 is 0. The normalized spacial score (nSPS) is 22.2. The Kier molecular flexibility index (Phi) is 5.17. The molecule has 2 heterocycles. The molecule has 1 aliphatic rings. The van der Waals surface area contributed by atoms with Crippen LogP contribution in [0.3, 0.4) is 0 Å². The minimum Gasteiger partial charge on any atom is -0.341 e. The summed E-state index contributed by atoms with van der Waals surface area (Å²) in [6, 6.07) is 0. The maximum Gasteiger partial charge on any atom is 0.243 e. The maximum absolute atomic E-state index is 5.51. The Hall–Kier alpha value is -1.63. The smallest absolute Gasteiger partial charge is 0.243 e. The van der Waals surface area contributed by atoms with Crippen molar-refractivity contribution < 1.29 is 0 Å². The highest BCUT2D eigenvalue weighted by molar-refractivity contribution is 5.45. The van der Waals surface area contributed by atoms with Crippen LogP contribution in [0.2, 0.25) is 0 Å². The van der Waals surface area contributed by atoms with Crippen LogP contribution in [-0.4, -0.2) is 41.1 Å². The molecule has 118 valence electrons. The Balaban J connectivity index is 2.31. The van der Waals surface area contributed by atoms with Crippen LogP contribution >= 0.6 is 0 Å². The van der Waals surface area contributed by atoms with Gasteiger partial charge >= 0.3 is 0 Å². The molecule has 7 heteroatoms. The third-order valence-corrected chi connectivity index (χ3v) is 3.94. The first-order valence-electron chi connectivity index (χ1n) is 7.79. The van der Waals surface area contributed by atoms with E-state index in [2.05, 4.69) is 57.9 Å². The molecule has 2 unspecified atom stereocenters. The van der Waals surface area contributed by atoms with Crippen molar-refractivity contribution in [3.05, 3.63) is 0 Å². The van der Waals surface area contributed by atoms with Crippen LogP contribution in [-0.2, 0) is 0 Å². The van der Waals surface area contributed by atoms with E-state index >= 15 is 0 Å². The van der Waals surface area contributed by atoms with Crippen LogP contribution in [0.1, 0.15) is 34.1 Å². The third kappa shape index (κ3) is 3.72. The van der Waals surface area contributed by atoms with Crippen LogP contribution in [0.15, 0.2) is 0 Å². The minimum absolute atomic E-state index is 0.424. The van der Waals surface area contributed by atoms with Crippen LogP contribution in [0.25, 0.3) is 0 Å². The van der Waals surface area contributed by atoms with Gasteiger partial charge in [0.15, 0.2) is 0 Å². The van der Waals surface area contributed by atoms with Crippen molar-refractivity contribution >= 4 is 17.8 Å². The quantitative estimate of drug-likeness (QED) is 0.628. The molecule has 1 aliphatic heterocycles. The Morgan fingerprint density at radius 2 is 1.76 bits per heavy atom. The van der Waals surface area contributed by atoms with Gasteiger partial charge in [0.05, 0.1) is 0 Å². The lowest BCUT2D eigenvalue weighted by atomic mass is 9.92. The summed E-state index contributed by atoms with van der Waals surface area (Å²) >= 11 is 0. The van der Waals surface area contributed by atoms with Gasteiger partial charge in [-0.25, -0.2) is 5.84 Å². The molecule has 3 N–H and O–H groups in total. The first kappa shape index (κ1) is 15.8. The molecule has 1 aromatic heterocycles. The van der Waals surface area contributed by atoms with E-state index in [1.807, 2.05) is 0 Å². The molecule has 1 saturated heterocycles. The average molecular weight is 293 g/mol. The van der Waals surface area contributed by atoms with Gasteiger partial charge in [-0.15, -0.1) is 0 Å². The first-order chi connectivity index (χ1) is 10.1. The molecule has 2 rings (SSSR count). The number of hydrazine groups is 1. The number of nitrogens with zero attached hydrogens (tertiary/aromatic N) is 5. The molecule has 0 radical (unpaired) electrons. The van der Waals surface area contributed by atoms with Gasteiger partial charge in [-0.3, -0.25) is 5.43 Å². The largest absolute Gasteiger partial charge is 0.341 e. The van der Waals surface area contributed by atoms with Crippen molar-refractivity contribution in [2.45, 2.75) is 34.1 Å². The number of nitrogen functional groups attached to an aromatic ring is 1. The van der Waals surface area contributed by atoms with Crippen LogP contribution < -0.4 is 21.1 Å². The molecule has 1 fully saturated rings. The molecule has 0 aromatic carbocycles. The lowest BCUT2D eigenvalue weighted by Gasteiger charge is -2.35. The van der Waals surface area contributed by atoms with Crippen molar-refractivity contribution in [3.8, 4) is 0 Å². The summed E-state index contributed by atoms with van der Waals surface area (Å²) in [6.07, 6.45) is 1.26. The zero-order chi connectivity index (χ0) is 15.4. The van der Waals surface area contributed by atoms with Gasteiger partial charge in [0.1, 0.15) is 0 Å². The summed E-state index contributed by atoms with van der Waals surface area (Å²) in [5.41, 5.74) is 2.56. The number of hydrogen-bond donors (Lipinski definition) is 2. The Bertz CT molecular complexity index is 451. The summed E-state index contributed by atoms with van der Waals surface area (Å²) in [5, 5.41) is 0. The SMILES string of the molecule is CCN(CC)c1nc(NN)nc(N2CC(C)CC(C)C2)n1. The maximum atomic E-state index is 5.51. The van der Waals surface area contributed by atoms with Gasteiger partial charge in [-0.05, 0) is 32.1 Å². The Labute approximate surface area is 126 Å². The predicted molar refractivity (Wildman–Crippen MR) is 86.4 cm³/mol. The fraction of sp³-hybridized carbons (Fsp3) is 0.786. The molecule has 0 bridgehead atoms. The van der Waals surface area contributed by atoms with E-state index in [4.69, 9.17) is 5.84 Å². The van der Waals surface area contributed by atoms with Crippen molar-refractivity contribution in [2.24, 2.45) is 17.7 Å². The lowest BCUT2D eigenvalue weighted by Crippen LogP contribution is -2.40. The second kappa shape index (κ2) is 6.89. The molecule has 0 amide bonds. The average Bonchev–Trinajstić information content (AvgIpc) is 2.47. The van der Waals surface area contributed by atoms with Crippen molar-refractivity contribution in [2.75, 3.05) is 41.4 Å². The number of nitrogens with two attached hydrogens (primary N) is 1. The molecule has 0 spiro atoms. The van der Waals surface area contributed by atoms with E-state index in [1.165, 1.54) is 6.42 Å². The Morgan fingerprint density at radius 3 is 2.29 bits per heavy atom.